The molecule has 5 amide bonds. The van der Waals surface area contributed by atoms with Crippen LogP contribution in [0.25, 0.3) is 21.8 Å². The van der Waals surface area contributed by atoms with Crippen molar-refractivity contribution < 1.29 is 42.6 Å². The molecule has 0 radical (unpaired) electrons. The van der Waals surface area contributed by atoms with Gasteiger partial charge in [0.25, 0.3) is 17.7 Å². The highest BCUT2D eigenvalue weighted by molar-refractivity contribution is 6.07. The van der Waals surface area contributed by atoms with Gasteiger partial charge in [-0.05, 0) is 98.7 Å². The Hall–Kier alpha value is -7.69. The smallest absolute Gasteiger partial charge is 0.261 e. The lowest BCUT2D eigenvalue weighted by Gasteiger charge is -2.33. The number of halogens is 1. The minimum Gasteiger partial charge on any atom is -0.493 e. The Morgan fingerprint density at radius 2 is 1.65 bits per heavy atom. The summed E-state index contributed by atoms with van der Waals surface area (Å²) in [7, 11) is 4.70. The molecule has 2 aliphatic heterocycles. The Labute approximate surface area is 378 Å². The van der Waals surface area contributed by atoms with E-state index >= 15 is 4.39 Å². The minimum atomic E-state index is -0.781. The molecule has 66 heavy (non-hydrogen) atoms. The number of piperidine rings is 1. The third kappa shape index (κ3) is 8.88. The number of benzene rings is 4. The molecule has 4 aromatic carbocycles. The fraction of sp³-hybridized carbons (Fsp3) is 0.306. The lowest BCUT2D eigenvalue weighted by Crippen LogP contribution is -2.53. The number of amides is 5. The second-order valence-corrected chi connectivity index (χ2v) is 16.3. The molecule has 6 aromatic rings. The number of fused-ring (bicyclic) bond motifs is 3. The molecule has 16 nitrogen and oxygen atoms in total. The fourth-order valence-electron chi connectivity index (χ4n) is 8.38. The van der Waals surface area contributed by atoms with E-state index in [2.05, 4.69) is 20.6 Å². The molecule has 0 bridgehead atoms. The number of unbranched alkanes of at least 4 members (excludes halogenated alkanes) is 2. The first kappa shape index (κ1) is 44.9. The van der Waals surface area contributed by atoms with Gasteiger partial charge in [-0.25, -0.2) is 14.4 Å². The molecule has 2 aromatic heterocycles. The molecule has 0 spiro atoms. The van der Waals surface area contributed by atoms with Gasteiger partial charge in [-0.3, -0.25) is 33.7 Å². The van der Waals surface area contributed by atoms with E-state index in [1.807, 2.05) is 19.1 Å². The number of imide groups is 1. The standard InChI is InChI=1S/C49H48FN7O9/c1-6-28-11-15-37-34(20-28)45(60)44(27(2)55(37)3)46(61)54-31-13-17-39(35(50)22-31)66-47-33-23-40(64-5)41(24-36(33)51-26-52-47)65-19-9-7-8-10-42(58)53-30-12-14-32-29(21-30)25-57(48(32)62)38-16-18-43(59)56(4)49(38)63/h11-15,17,20-24,26,38H,6-10,16,18-19,25H2,1-5H3,(H,53,58)(H,54,61). The number of pyridine rings is 1. The highest BCUT2D eigenvalue weighted by Gasteiger charge is 2.41. The molecule has 340 valence electrons. The summed E-state index contributed by atoms with van der Waals surface area (Å²) in [6.45, 7) is 4.22. The van der Waals surface area contributed by atoms with E-state index in [1.54, 1.807) is 54.9 Å². The van der Waals surface area contributed by atoms with Gasteiger partial charge in [0.1, 0.15) is 17.9 Å². The lowest BCUT2D eigenvalue weighted by molar-refractivity contribution is -0.150. The summed E-state index contributed by atoms with van der Waals surface area (Å²) in [5.74, 6) is -1.86. The summed E-state index contributed by atoms with van der Waals surface area (Å²) in [4.78, 5) is 88.7. The van der Waals surface area contributed by atoms with Crippen molar-refractivity contribution in [2.24, 2.45) is 7.05 Å². The van der Waals surface area contributed by atoms with Crippen LogP contribution < -0.4 is 30.3 Å². The second-order valence-electron chi connectivity index (χ2n) is 16.3. The first-order valence-corrected chi connectivity index (χ1v) is 21.7. The van der Waals surface area contributed by atoms with Gasteiger partial charge >= 0.3 is 0 Å². The molecule has 8 rings (SSSR count). The summed E-state index contributed by atoms with van der Waals surface area (Å²) in [5.41, 5.74) is 4.03. The van der Waals surface area contributed by atoms with Crippen molar-refractivity contribution in [1.82, 2.24) is 24.3 Å². The van der Waals surface area contributed by atoms with Gasteiger partial charge in [0.2, 0.25) is 23.1 Å². The van der Waals surface area contributed by atoms with Gasteiger partial charge in [-0.1, -0.05) is 13.0 Å². The molecular weight excluding hydrogens is 850 g/mol. The van der Waals surface area contributed by atoms with Crippen molar-refractivity contribution in [3.63, 3.8) is 0 Å². The van der Waals surface area contributed by atoms with Gasteiger partial charge in [0.05, 0.1) is 30.1 Å². The van der Waals surface area contributed by atoms with Gasteiger partial charge < -0.3 is 34.3 Å². The average molecular weight is 898 g/mol. The maximum absolute atomic E-state index is 15.6. The molecule has 1 fully saturated rings. The molecule has 1 atom stereocenters. The van der Waals surface area contributed by atoms with Crippen molar-refractivity contribution in [2.75, 3.05) is 31.4 Å². The molecule has 2 N–H and O–H groups in total. The molecule has 1 saturated heterocycles. The van der Waals surface area contributed by atoms with Crippen LogP contribution in [0.2, 0.25) is 0 Å². The molecule has 2 aliphatic rings. The molecule has 1 unspecified atom stereocenters. The van der Waals surface area contributed by atoms with Crippen molar-refractivity contribution in [3.05, 3.63) is 117 Å². The number of hydrogen-bond donors (Lipinski definition) is 2. The monoisotopic (exact) mass is 897 g/mol. The number of nitrogens with one attached hydrogen (secondary N) is 2. The third-order valence-electron chi connectivity index (χ3n) is 12.2. The van der Waals surface area contributed by atoms with Crippen LogP contribution in [0.1, 0.15) is 83.0 Å². The molecule has 4 heterocycles. The van der Waals surface area contributed by atoms with E-state index in [-0.39, 0.29) is 66.4 Å². The Bertz CT molecular complexity index is 3030. The van der Waals surface area contributed by atoms with Crippen molar-refractivity contribution >= 4 is 62.7 Å². The highest BCUT2D eigenvalue weighted by atomic mass is 19.1. The van der Waals surface area contributed by atoms with Gasteiger partial charge in [0.15, 0.2) is 23.1 Å². The predicted molar refractivity (Wildman–Crippen MR) is 244 cm³/mol. The number of anilines is 2. The Morgan fingerprint density at radius 3 is 2.42 bits per heavy atom. The molecule has 0 saturated carbocycles. The van der Waals surface area contributed by atoms with Crippen LogP contribution in [0.15, 0.2) is 77.9 Å². The number of rotatable bonds is 15. The normalized spacial score (nSPS) is 14.8. The first-order chi connectivity index (χ1) is 31.8. The van der Waals surface area contributed by atoms with Crippen LogP contribution in [0.5, 0.6) is 23.1 Å². The highest BCUT2D eigenvalue weighted by Crippen LogP contribution is 2.37. The van der Waals surface area contributed by atoms with E-state index in [4.69, 9.17) is 14.2 Å². The van der Waals surface area contributed by atoms with E-state index in [0.717, 1.165) is 23.0 Å². The summed E-state index contributed by atoms with van der Waals surface area (Å²) >= 11 is 0. The van der Waals surface area contributed by atoms with Crippen LogP contribution in [0.3, 0.4) is 0 Å². The predicted octanol–water partition coefficient (Wildman–Crippen LogP) is 7.23. The number of aryl methyl sites for hydroxylation is 2. The number of likely N-dealkylation sites (tertiary alicyclic amines) is 1. The fourth-order valence-corrected chi connectivity index (χ4v) is 8.38. The first-order valence-electron chi connectivity index (χ1n) is 21.7. The van der Waals surface area contributed by atoms with Crippen LogP contribution >= 0.6 is 0 Å². The second kappa shape index (κ2) is 18.8. The lowest BCUT2D eigenvalue weighted by atomic mass is 10.0. The Kier molecular flexibility index (Phi) is 12.8. The van der Waals surface area contributed by atoms with Crippen molar-refractivity contribution in [2.45, 2.75) is 71.4 Å². The van der Waals surface area contributed by atoms with Crippen molar-refractivity contribution in [1.29, 1.82) is 0 Å². The SMILES string of the molecule is CCc1ccc2c(c1)c(=O)c(C(=O)Nc1ccc(Oc3ncnc4cc(OCCCCCC(=O)Nc5ccc6c(c5)CN(C5CCC(=O)N(C)C5=O)C6=O)c(OC)cc34)c(F)c1)c(C)n2C. The number of methoxy groups -OCH3 is 1. The van der Waals surface area contributed by atoms with E-state index < -0.39 is 29.1 Å². The third-order valence-corrected chi connectivity index (χ3v) is 12.2. The number of carbonyl (C=O) groups is 5. The van der Waals surface area contributed by atoms with E-state index in [0.29, 0.717) is 81.7 Å². The van der Waals surface area contributed by atoms with Crippen LogP contribution in [0.4, 0.5) is 15.8 Å². The molecule has 17 heteroatoms. The number of hydrogen-bond acceptors (Lipinski definition) is 11. The van der Waals surface area contributed by atoms with E-state index in [9.17, 15) is 28.8 Å². The van der Waals surface area contributed by atoms with E-state index in [1.165, 1.54) is 37.5 Å². The molecular formula is C49H48FN7O9. The number of likely N-dealkylation sites (N-methyl/N-ethyl adjacent to an activating group) is 1. The van der Waals surface area contributed by atoms with Crippen LogP contribution in [0, 0.1) is 12.7 Å². The van der Waals surface area contributed by atoms with Gasteiger partial charge in [-0.15, -0.1) is 0 Å². The van der Waals surface area contributed by atoms with Gasteiger partial charge in [-0.2, -0.15) is 0 Å². The summed E-state index contributed by atoms with van der Waals surface area (Å²) in [6, 6.07) is 17.2. The number of carbonyl (C=O) groups excluding carboxylic acids is 5. The van der Waals surface area contributed by atoms with Crippen LogP contribution in [-0.2, 0) is 34.4 Å². The summed E-state index contributed by atoms with van der Waals surface area (Å²) in [6.07, 6.45) is 4.68. The number of ether oxygens (including phenoxy) is 3. The largest absolute Gasteiger partial charge is 0.493 e. The zero-order valence-corrected chi connectivity index (χ0v) is 37.2. The minimum absolute atomic E-state index is 0.0300. The molecule has 0 aliphatic carbocycles. The number of nitrogens with zero attached hydrogens (tertiary/aromatic N) is 5. The Morgan fingerprint density at radius 1 is 0.864 bits per heavy atom. The van der Waals surface area contributed by atoms with Gasteiger partial charge in [0, 0.05) is 73.6 Å². The summed E-state index contributed by atoms with van der Waals surface area (Å²) < 4.78 is 34.9. The maximum atomic E-state index is 15.6. The number of aromatic nitrogens is 3. The quantitative estimate of drug-likeness (QED) is 0.0781. The van der Waals surface area contributed by atoms with Crippen molar-refractivity contribution in [3.8, 4) is 23.1 Å². The average Bonchev–Trinajstić information content (AvgIpc) is 3.63. The Balaban J connectivity index is 0.835. The summed E-state index contributed by atoms with van der Waals surface area (Å²) in [5, 5.41) is 6.41. The zero-order valence-electron chi connectivity index (χ0n) is 37.2. The zero-order chi connectivity index (χ0) is 46.8. The van der Waals surface area contributed by atoms with Crippen LogP contribution in [-0.4, -0.2) is 80.7 Å². The maximum Gasteiger partial charge on any atom is 0.261 e. The topological polar surface area (TPSA) is 191 Å².